The number of aliphatic hydroxyl groups is 1. The predicted molar refractivity (Wildman–Crippen MR) is 134 cm³/mol. The van der Waals surface area contributed by atoms with Gasteiger partial charge < -0.3 is 14.9 Å². The maximum absolute atomic E-state index is 14.7. The molecule has 8 heteroatoms. The van der Waals surface area contributed by atoms with Crippen LogP contribution in [0, 0.1) is 12.7 Å². The molecule has 0 aliphatic heterocycles. The quantitative estimate of drug-likeness (QED) is 0.289. The number of hydrogen-bond acceptors (Lipinski definition) is 3. The molecule has 3 rings (SSSR count). The van der Waals surface area contributed by atoms with Crippen molar-refractivity contribution >= 4 is 49.4 Å². The van der Waals surface area contributed by atoms with E-state index in [1.165, 1.54) is 12.1 Å². The number of hydrogen-bond donors (Lipinski definition) is 2. The molecule has 0 heterocycles. The Morgan fingerprint density at radius 1 is 1.09 bits per heavy atom. The zero-order valence-corrected chi connectivity index (χ0v) is 22.1. The number of ether oxygens (including phenoxy) is 1. The Morgan fingerprint density at radius 2 is 1.73 bits per heavy atom. The molecular weight excluding hydrogens is 579 g/mol. The molecule has 0 aliphatic carbocycles. The van der Waals surface area contributed by atoms with Crippen molar-refractivity contribution in [1.29, 1.82) is 0 Å². The molecule has 0 spiro atoms. The van der Waals surface area contributed by atoms with Crippen molar-refractivity contribution in [3.63, 3.8) is 0 Å². The van der Waals surface area contributed by atoms with Crippen LogP contribution < -0.4 is 4.74 Å². The first-order chi connectivity index (χ1) is 15.5. The van der Waals surface area contributed by atoms with Crippen molar-refractivity contribution in [1.82, 2.24) is 0 Å². The van der Waals surface area contributed by atoms with Gasteiger partial charge in [-0.15, -0.1) is 0 Å². The van der Waals surface area contributed by atoms with Gasteiger partial charge in [0.2, 0.25) is 0 Å². The monoisotopic (exact) mass is 598 g/mol. The van der Waals surface area contributed by atoms with Gasteiger partial charge in [0.15, 0.2) is 5.75 Å². The number of halogens is 4. The molecule has 33 heavy (non-hydrogen) atoms. The predicted octanol–water partition coefficient (Wildman–Crippen LogP) is 7.94. The van der Waals surface area contributed by atoms with Gasteiger partial charge in [-0.3, -0.25) is 4.79 Å². The molecule has 0 saturated carbocycles. The molecule has 0 radical (unpaired) electrons. The van der Waals surface area contributed by atoms with Crippen LogP contribution in [-0.2, 0) is 11.2 Å². The zero-order valence-electron chi connectivity index (χ0n) is 18.1. The molecule has 4 nitrogen and oxygen atoms in total. The second-order valence-corrected chi connectivity index (χ2v) is 10.1. The summed E-state index contributed by atoms with van der Waals surface area (Å²) in [4.78, 5) is 11.1. The van der Waals surface area contributed by atoms with E-state index in [1.807, 2.05) is 26.8 Å². The van der Waals surface area contributed by atoms with Gasteiger partial charge in [-0.25, -0.2) is 4.39 Å². The minimum atomic E-state index is -1.32. The number of aryl methyl sites for hydroxylation is 1. The summed E-state index contributed by atoms with van der Waals surface area (Å²) in [5, 5.41) is 20.1. The van der Waals surface area contributed by atoms with Crippen LogP contribution in [0.5, 0.6) is 11.5 Å². The summed E-state index contributed by atoms with van der Waals surface area (Å²) >= 11 is 12.8. The van der Waals surface area contributed by atoms with Crippen molar-refractivity contribution < 1.29 is 24.1 Å². The van der Waals surface area contributed by atoms with Gasteiger partial charge in [0.05, 0.1) is 20.4 Å². The van der Waals surface area contributed by atoms with Crippen molar-refractivity contribution in [2.45, 2.75) is 39.2 Å². The molecule has 0 bridgehead atoms. The molecule has 0 saturated heterocycles. The Balaban J connectivity index is 2.14. The van der Waals surface area contributed by atoms with E-state index < -0.39 is 17.9 Å². The smallest absolute Gasteiger partial charge is 0.307 e. The van der Waals surface area contributed by atoms with Crippen molar-refractivity contribution in [2.75, 3.05) is 0 Å². The summed E-state index contributed by atoms with van der Waals surface area (Å²) in [5.74, 6) is -0.697. The Morgan fingerprint density at radius 3 is 2.30 bits per heavy atom. The SMILES string of the molecule is Cc1cc(C(O)c2cccc(Cl)c2F)c(Oc2c(Br)cc(CC(=O)O)cc2Br)cc1C(C)C. The topological polar surface area (TPSA) is 66.8 Å². The van der Waals surface area contributed by atoms with Gasteiger partial charge in [-0.2, -0.15) is 0 Å². The van der Waals surface area contributed by atoms with Crippen LogP contribution in [0.2, 0.25) is 5.02 Å². The highest BCUT2D eigenvalue weighted by Gasteiger charge is 2.24. The van der Waals surface area contributed by atoms with E-state index in [1.54, 1.807) is 24.3 Å². The van der Waals surface area contributed by atoms with E-state index in [-0.39, 0.29) is 22.9 Å². The lowest BCUT2D eigenvalue weighted by atomic mass is 9.92. The highest BCUT2D eigenvalue weighted by atomic mass is 79.9. The van der Waals surface area contributed by atoms with Crippen LogP contribution in [0.3, 0.4) is 0 Å². The van der Waals surface area contributed by atoms with Crippen molar-refractivity contribution in [3.8, 4) is 11.5 Å². The minimum absolute atomic E-state index is 0.0407. The third-order valence-corrected chi connectivity index (χ3v) is 6.69. The van der Waals surface area contributed by atoms with Crippen LogP contribution in [0.25, 0.3) is 0 Å². The van der Waals surface area contributed by atoms with E-state index in [0.717, 1.165) is 11.1 Å². The first kappa shape index (κ1) is 25.7. The summed E-state index contributed by atoms with van der Waals surface area (Å²) in [6, 6.07) is 11.4. The lowest BCUT2D eigenvalue weighted by Crippen LogP contribution is -2.07. The van der Waals surface area contributed by atoms with E-state index in [0.29, 0.717) is 31.6 Å². The normalized spacial score (nSPS) is 12.2. The fraction of sp³-hybridized carbons (Fsp3) is 0.240. The molecule has 0 aliphatic rings. The van der Waals surface area contributed by atoms with Crippen molar-refractivity contribution in [2.24, 2.45) is 0 Å². The maximum Gasteiger partial charge on any atom is 0.307 e. The number of carbonyl (C=O) groups is 1. The summed E-state index contributed by atoms with van der Waals surface area (Å²) in [6.07, 6.45) is -1.46. The molecule has 174 valence electrons. The third kappa shape index (κ3) is 5.77. The molecule has 3 aromatic rings. The Hall–Kier alpha value is -1.93. The highest BCUT2D eigenvalue weighted by molar-refractivity contribution is 9.11. The molecule has 3 aromatic carbocycles. The van der Waals surface area contributed by atoms with Gasteiger partial charge in [-0.05, 0) is 91.7 Å². The van der Waals surface area contributed by atoms with Gasteiger partial charge in [0.1, 0.15) is 17.7 Å². The molecule has 0 fully saturated rings. The maximum atomic E-state index is 14.7. The Labute approximate surface area is 213 Å². The largest absolute Gasteiger partial charge is 0.481 e. The molecule has 0 amide bonds. The van der Waals surface area contributed by atoms with Gasteiger partial charge in [0, 0.05) is 11.1 Å². The first-order valence-corrected chi connectivity index (χ1v) is 12.1. The summed E-state index contributed by atoms with van der Waals surface area (Å²) < 4.78 is 22.0. The van der Waals surface area contributed by atoms with Crippen molar-refractivity contribution in [3.05, 3.63) is 90.1 Å². The number of rotatable bonds is 7. The van der Waals surface area contributed by atoms with E-state index >= 15 is 0 Å². The van der Waals surface area contributed by atoms with Gasteiger partial charge in [0.25, 0.3) is 0 Å². The van der Waals surface area contributed by atoms with Crippen LogP contribution in [0.4, 0.5) is 4.39 Å². The fourth-order valence-corrected chi connectivity index (χ4v) is 5.27. The Bertz CT molecular complexity index is 1190. The van der Waals surface area contributed by atoms with Crippen LogP contribution in [0.15, 0.2) is 51.4 Å². The van der Waals surface area contributed by atoms with Crippen LogP contribution in [0.1, 0.15) is 53.7 Å². The van der Waals surface area contributed by atoms with Crippen LogP contribution >= 0.6 is 43.5 Å². The highest BCUT2D eigenvalue weighted by Crippen LogP contribution is 2.43. The fourth-order valence-electron chi connectivity index (χ4n) is 3.65. The average molecular weight is 601 g/mol. The Kier molecular flexibility index (Phi) is 8.22. The molecular formula is C25H22Br2ClFO4. The average Bonchev–Trinajstić information content (AvgIpc) is 2.72. The van der Waals surface area contributed by atoms with E-state index in [9.17, 15) is 14.3 Å². The molecule has 0 aromatic heterocycles. The standard InChI is InChI=1S/C25H22Br2ClFO4/c1-12(2)16-11-21(33-25-18(26)8-14(9-19(25)27)10-22(30)31)17(7-13(16)3)24(32)15-5-4-6-20(28)23(15)29/h4-9,11-12,24,32H,10H2,1-3H3,(H,30,31). The third-order valence-electron chi connectivity index (χ3n) is 5.22. The van der Waals surface area contributed by atoms with E-state index in [2.05, 4.69) is 31.9 Å². The number of aliphatic hydroxyl groups excluding tert-OH is 1. The summed E-state index contributed by atoms with van der Waals surface area (Å²) in [7, 11) is 0. The first-order valence-electron chi connectivity index (χ1n) is 10.1. The summed E-state index contributed by atoms with van der Waals surface area (Å²) in [5.41, 5.74) is 2.96. The summed E-state index contributed by atoms with van der Waals surface area (Å²) in [6.45, 7) is 6.02. The molecule has 1 unspecified atom stereocenters. The second kappa shape index (κ2) is 10.6. The minimum Gasteiger partial charge on any atom is -0.481 e. The zero-order chi connectivity index (χ0) is 24.4. The lowest BCUT2D eigenvalue weighted by Gasteiger charge is -2.22. The molecule has 1 atom stereocenters. The number of carboxylic acids is 1. The second-order valence-electron chi connectivity index (χ2n) is 8.01. The van der Waals surface area contributed by atoms with E-state index in [4.69, 9.17) is 21.4 Å². The van der Waals surface area contributed by atoms with Crippen LogP contribution in [-0.4, -0.2) is 16.2 Å². The number of benzene rings is 3. The number of aliphatic carboxylic acids is 1. The number of carboxylic acid groups (broad SMARTS) is 1. The van der Waals surface area contributed by atoms with Gasteiger partial charge in [-0.1, -0.05) is 37.6 Å². The molecule has 2 N–H and O–H groups in total. The van der Waals surface area contributed by atoms with Gasteiger partial charge >= 0.3 is 5.97 Å². The lowest BCUT2D eigenvalue weighted by molar-refractivity contribution is -0.136.